The van der Waals surface area contributed by atoms with E-state index in [0.29, 0.717) is 17.1 Å². The van der Waals surface area contributed by atoms with Crippen molar-refractivity contribution in [1.82, 2.24) is 0 Å². The lowest BCUT2D eigenvalue weighted by molar-refractivity contribution is 0.102. The minimum Gasteiger partial charge on any atom is -0.493 e. The van der Waals surface area contributed by atoms with Crippen LogP contribution in [0, 0.1) is 0 Å². The van der Waals surface area contributed by atoms with Crippen molar-refractivity contribution in [3.05, 3.63) is 76.9 Å². The first-order valence-corrected chi connectivity index (χ1v) is 7.95. The molecule has 24 heavy (non-hydrogen) atoms. The minimum absolute atomic E-state index is 0.0647. The van der Waals surface area contributed by atoms with Crippen LogP contribution in [0.4, 0.5) is 0 Å². The summed E-state index contributed by atoms with van der Waals surface area (Å²) in [4.78, 5) is 12.7. The first kappa shape index (κ1) is 16.1. The molecule has 3 heteroatoms. The number of aryl methyl sites for hydroxylation is 1. The molecule has 0 unspecified atom stereocenters. The van der Waals surface area contributed by atoms with Gasteiger partial charge in [0.1, 0.15) is 0 Å². The smallest absolute Gasteiger partial charge is 0.189 e. The lowest BCUT2D eigenvalue weighted by Gasteiger charge is -2.19. The van der Waals surface area contributed by atoms with Crippen LogP contribution in [0.25, 0.3) is 6.08 Å². The van der Waals surface area contributed by atoms with Gasteiger partial charge in [-0.2, -0.15) is 0 Å². The van der Waals surface area contributed by atoms with Gasteiger partial charge in [0.2, 0.25) is 0 Å². The number of hydrogen-bond donors (Lipinski definition) is 0. The Morgan fingerprint density at radius 3 is 2.38 bits per heavy atom. The molecule has 0 aromatic heterocycles. The van der Waals surface area contributed by atoms with Gasteiger partial charge in [0.25, 0.3) is 0 Å². The Bertz CT molecular complexity index is 801. The summed E-state index contributed by atoms with van der Waals surface area (Å²) in [7, 11) is 3.19. The van der Waals surface area contributed by atoms with E-state index in [9.17, 15) is 4.79 Å². The third-order valence-corrected chi connectivity index (χ3v) is 4.19. The Hall–Kier alpha value is -2.81. The molecule has 0 bridgehead atoms. The van der Waals surface area contributed by atoms with Gasteiger partial charge in [-0.05, 0) is 36.1 Å². The van der Waals surface area contributed by atoms with Crippen LogP contribution in [0.15, 0.2) is 60.2 Å². The molecule has 2 aromatic carbocycles. The molecule has 122 valence electrons. The fourth-order valence-electron chi connectivity index (χ4n) is 2.89. The average Bonchev–Trinajstić information content (AvgIpc) is 2.63. The molecule has 0 fully saturated rings. The molecule has 3 nitrogen and oxygen atoms in total. The Morgan fingerprint density at radius 1 is 0.958 bits per heavy atom. The van der Waals surface area contributed by atoms with Crippen molar-refractivity contribution in [3.63, 3.8) is 0 Å². The predicted molar refractivity (Wildman–Crippen MR) is 95.8 cm³/mol. The van der Waals surface area contributed by atoms with Gasteiger partial charge in [0.05, 0.1) is 14.2 Å². The van der Waals surface area contributed by atoms with E-state index in [-0.39, 0.29) is 5.78 Å². The first-order valence-electron chi connectivity index (χ1n) is 7.95. The largest absolute Gasteiger partial charge is 0.493 e. The zero-order chi connectivity index (χ0) is 16.9. The van der Waals surface area contributed by atoms with E-state index in [1.165, 1.54) is 0 Å². The topological polar surface area (TPSA) is 35.5 Å². The van der Waals surface area contributed by atoms with Gasteiger partial charge in [-0.3, -0.25) is 4.79 Å². The number of ether oxygens (including phenoxy) is 2. The van der Waals surface area contributed by atoms with Crippen LogP contribution in [0.2, 0.25) is 0 Å². The molecule has 0 radical (unpaired) electrons. The monoisotopic (exact) mass is 320 g/mol. The standard InChI is InChI=1S/C21H20O3/c1-23-19-13-17-12-11-16(21(22)18(17)14-20(19)24-2)10-6-9-15-7-4-3-5-8-15/h3-10,13-14H,11-12H2,1-2H3/b9-6+,16-10-. The zero-order valence-electron chi connectivity index (χ0n) is 13.9. The van der Waals surface area contributed by atoms with Crippen LogP contribution in [0.1, 0.15) is 27.9 Å². The molecular weight excluding hydrogens is 300 g/mol. The first-order chi connectivity index (χ1) is 11.7. The molecule has 1 aliphatic carbocycles. The Morgan fingerprint density at radius 2 is 1.67 bits per heavy atom. The quantitative estimate of drug-likeness (QED) is 0.780. The third-order valence-electron chi connectivity index (χ3n) is 4.19. The second kappa shape index (κ2) is 7.18. The summed E-state index contributed by atoms with van der Waals surface area (Å²) in [6.45, 7) is 0. The van der Waals surface area contributed by atoms with Crippen molar-refractivity contribution in [1.29, 1.82) is 0 Å². The fraction of sp³-hybridized carbons (Fsp3) is 0.190. The summed E-state index contributed by atoms with van der Waals surface area (Å²) in [5.74, 6) is 1.32. The summed E-state index contributed by atoms with van der Waals surface area (Å²) in [6.07, 6.45) is 7.42. The maximum Gasteiger partial charge on any atom is 0.189 e. The van der Waals surface area contributed by atoms with Gasteiger partial charge in [0.15, 0.2) is 17.3 Å². The van der Waals surface area contributed by atoms with Gasteiger partial charge < -0.3 is 9.47 Å². The number of fused-ring (bicyclic) bond motifs is 1. The van der Waals surface area contributed by atoms with Gasteiger partial charge in [-0.25, -0.2) is 0 Å². The number of Topliss-reactive ketones (excluding diaryl/α,β-unsaturated/α-hetero) is 1. The van der Waals surface area contributed by atoms with Gasteiger partial charge in [-0.15, -0.1) is 0 Å². The summed E-state index contributed by atoms with van der Waals surface area (Å²) in [5.41, 5.74) is 3.66. The van der Waals surface area contributed by atoms with Crippen LogP contribution in [-0.2, 0) is 6.42 Å². The molecule has 1 aliphatic rings. The number of methoxy groups -OCH3 is 2. The lowest BCUT2D eigenvalue weighted by Crippen LogP contribution is -2.14. The van der Waals surface area contributed by atoms with E-state index in [1.807, 2.05) is 54.6 Å². The minimum atomic E-state index is 0.0647. The Labute approximate surface area is 142 Å². The highest BCUT2D eigenvalue weighted by Gasteiger charge is 2.23. The Balaban J connectivity index is 1.86. The highest BCUT2D eigenvalue weighted by atomic mass is 16.5. The highest BCUT2D eigenvalue weighted by Crippen LogP contribution is 2.35. The highest BCUT2D eigenvalue weighted by molar-refractivity contribution is 6.11. The van der Waals surface area contributed by atoms with Crippen LogP contribution in [0.3, 0.4) is 0 Å². The van der Waals surface area contributed by atoms with E-state index >= 15 is 0 Å². The maximum atomic E-state index is 12.7. The molecular formula is C21H20O3. The molecule has 3 rings (SSSR count). The number of carbonyl (C=O) groups is 1. The summed E-state index contributed by atoms with van der Waals surface area (Å²) < 4.78 is 10.6. The van der Waals surface area contributed by atoms with Crippen molar-refractivity contribution >= 4 is 11.9 Å². The van der Waals surface area contributed by atoms with Crippen LogP contribution in [0.5, 0.6) is 11.5 Å². The summed E-state index contributed by atoms with van der Waals surface area (Å²) in [6, 6.07) is 13.7. The second-order valence-corrected chi connectivity index (χ2v) is 5.66. The van der Waals surface area contributed by atoms with E-state index in [2.05, 4.69) is 0 Å². The molecule has 0 atom stereocenters. The van der Waals surface area contributed by atoms with Gasteiger partial charge >= 0.3 is 0 Å². The average molecular weight is 320 g/mol. The van der Waals surface area contributed by atoms with Crippen LogP contribution >= 0.6 is 0 Å². The van der Waals surface area contributed by atoms with E-state index in [1.54, 1.807) is 20.3 Å². The molecule has 0 aliphatic heterocycles. The fourth-order valence-corrected chi connectivity index (χ4v) is 2.89. The molecule has 0 N–H and O–H groups in total. The molecule has 0 spiro atoms. The zero-order valence-corrected chi connectivity index (χ0v) is 13.9. The predicted octanol–water partition coefficient (Wildman–Crippen LogP) is 4.47. The number of rotatable bonds is 4. The van der Waals surface area contributed by atoms with Crippen LogP contribution < -0.4 is 9.47 Å². The number of hydrogen-bond acceptors (Lipinski definition) is 3. The van der Waals surface area contributed by atoms with Crippen molar-refractivity contribution in [2.75, 3.05) is 14.2 Å². The number of benzene rings is 2. The number of carbonyl (C=O) groups excluding carboxylic acids is 1. The summed E-state index contributed by atoms with van der Waals surface area (Å²) >= 11 is 0. The van der Waals surface area contributed by atoms with E-state index < -0.39 is 0 Å². The van der Waals surface area contributed by atoms with E-state index in [0.717, 1.165) is 29.5 Å². The van der Waals surface area contributed by atoms with Gasteiger partial charge in [-0.1, -0.05) is 48.6 Å². The van der Waals surface area contributed by atoms with Gasteiger partial charge in [0, 0.05) is 11.1 Å². The molecule has 0 amide bonds. The van der Waals surface area contributed by atoms with E-state index in [4.69, 9.17) is 9.47 Å². The van der Waals surface area contributed by atoms with Crippen molar-refractivity contribution < 1.29 is 14.3 Å². The third kappa shape index (κ3) is 3.25. The number of ketones is 1. The molecule has 2 aromatic rings. The second-order valence-electron chi connectivity index (χ2n) is 5.66. The molecule has 0 heterocycles. The Kier molecular flexibility index (Phi) is 4.80. The normalized spacial score (nSPS) is 15.6. The van der Waals surface area contributed by atoms with Crippen molar-refractivity contribution in [3.8, 4) is 11.5 Å². The molecule has 0 saturated carbocycles. The maximum absolute atomic E-state index is 12.7. The van der Waals surface area contributed by atoms with Crippen LogP contribution in [-0.4, -0.2) is 20.0 Å². The molecule has 0 saturated heterocycles. The van der Waals surface area contributed by atoms with Crippen molar-refractivity contribution in [2.45, 2.75) is 12.8 Å². The SMILES string of the molecule is COc1cc2c(cc1OC)C(=O)/C(=C\C=C\c1ccccc1)CC2. The summed E-state index contributed by atoms with van der Waals surface area (Å²) in [5, 5.41) is 0. The number of allylic oxidation sites excluding steroid dienone is 3. The lowest BCUT2D eigenvalue weighted by atomic mass is 9.86. The van der Waals surface area contributed by atoms with Crippen molar-refractivity contribution in [2.24, 2.45) is 0 Å².